The van der Waals surface area contributed by atoms with E-state index in [9.17, 15) is 19.7 Å². The molecule has 0 radical (unpaired) electrons. The highest BCUT2D eigenvalue weighted by Crippen LogP contribution is 2.21. The Kier molecular flexibility index (Phi) is 4.36. The van der Waals surface area contributed by atoms with E-state index in [1.165, 1.54) is 19.2 Å². The minimum Gasteiger partial charge on any atom is -0.469 e. The van der Waals surface area contributed by atoms with Crippen LogP contribution < -0.4 is 0 Å². The number of carbonyl (C=O) groups is 2. The van der Waals surface area contributed by atoms with Gasteiger partial charge < -0.3 is 9.47 Å². The summed E-state index contributed by atoms with van der Waals surface area (Å²) in [5.41, 5.74) is -0.118. The fourth-order valence-corrected chi connectivity index (χ4v) is 1.36. The highest BCUT2D eigenvalue weighted by atomic mass is 16.6. The molecule has 0 heterocycles. The number of hydrogen-bond acceptors (Lipinski definition) is 6. The monoisotopic (exact) mass is 253 g/mol. The summed E-state index contributed by atoms with van der Waals surface area (Å²) in [6.07, 6.45) is -0.0709. The van der Waals surface area contributed by atoms with Crippen LogP contribution in [-0.2, 0) is 20.7 Å². The molecule has 0 aromatic heterocycles. The Balaban J connectivity index is 3.17. The number of ether oxygens (including phenoxy) is 2. The molecular weight excluding hydrogens is 242 g/mol. The molecule has 1 rings (SSSR count). The minimum absolute atomic E-state index is 0.0709. The topological polar surface area (TPSA) is 95.7 Å². The number of hydrogen-bond donors (Lipinski definition) is 0. The maximum Gasteiger partial charge on any atom is 0.344 e. The zero-order valence-corrected chi connectivity index (χ0v) is 9.84. The molecule has 0 fully saturated rings. The van der Waals surface area contributed by atoms with Crippen molar-refractivity contribution in [1.82, 2.24) is 0 Å². The van der Waals surface area contributed by atoms with Gasteiger partial charge in [-0.1, -0.05) is 6.07 Å². The molecule has 0 aliphatic rings. The second-order valence-corrected chi connectivity index (χ2v) is 3.35. The normalized spacial score (nSPS) is 9.67. The average molecular weight is 253 g/mol. The number of nitro groups is 1. The van der Waals surface area contributed by atoms with Crippen LogP contribution in [0.2, 0.25) is 0 Å². The molecule has 0 aliphatic carbocycles. The molecule has 0 amide bonds. The molecule has 1 aromatic rings. The van der Waals surface area contributed by atoms with Crippen LogP contribution in [0, 0.1) is 10.1 Å². The van der Waals surface area contributed by atoms with E-state index in [4.69, 9.17) is 0 Å². The van der Waals surface area contributed by atoms with Crippen LogP contribution in [0.15, 0.2) is 18.2 Å². The molecule has 0 atom stereocenters. The van der Waals surface area contributed by atoms with Gasteiger partial charge in [-0.25, -0.2) is 4.79 Å². The van der Waals surface area contributed by atoms with Gasteiger partial charge >= 0.3 is 11.9 Å². The lowest BCUT2D eigenvalue weighted by atomic mass is 10.1. The van der Waals surface area contributed by atoms with E-state index in [1.54, 1.807) is 0 Å². The van der Waals surface area contributed by atoms with E-state index in [2.05, 4.69) is 9.47 Å². The summed E-state index contributed by atoms with van der Waals surface area (Å²) in [6.45, 7) is 0. The van der Waals surface area contributed by atoms with E-state index < -0.39 is 16.9 Å². The number of rotatable bonds is 4. The summed E-state index contributed by atoms with van der Waals surface area (Å²) in [4.78, 5) is 32.5. The van der Waals surface area contributed by atoms with Gasteiger partial charge in [-0.05, 0) is 11.6 Å². The smallest absolute Gasteiger partial charge is 0.344 e. The highest BCUT2D eigenvalue weighted by molar-refractivity contribution is 5.94. The van der Waals surface area contributed by atoms with E-state index in [0.717, 1.165) is 13.2 Å². The number of nitrogens with zero attached hydrogens (tertiary/aromatic N) is 1. The van der Waals surface area contributed by atoms with Crippen LogP contribution in [0.1, 0.15) is 15.9 Å². The summed E-state index contributed by atoms with van der Waals surface area (Å²) in [5.74, 6) is -1.33. The van der Waals surface area contributed by atoms with Crippen molar-refractivity contribution in [2.75, 3.05) is 14.2 Å². The van der Waals surface area contributed by atoms with Crippen LogP contribution in [0.3, 0.4) is 0 Å². The van der Waals surface area contributed by atoms with Gasteiger partial charge in [0.15, 0.2) is 0 Å². The standard InChI is InChI=1S/C11H11NO6/c1-17-10(13)6-7-3-4-9(12(15)16)8(5-7)11(14)18-2/h3-5H,6H2,1-2H3. The van der Waals surface area contributed by atoms with Crippen LogP contribution in [0.25, 0.3) is 0 Å². The van der Waals surface area contributed by atoms with Crippen LogP contribution >= 0.6 is 0 Å². The Morgan fingerprint density at radius 2 is 1.94 bits per heavy atom. The van der Waals surface area contributed by atoms with E-state index in [1.807, 2.05) is 0 Å². The first-order valence-electron chi connectivity index (χ1n) is 4.92. The number of nitro benzene ring substituents is 1. The highest BCUT2D eigenvalue weighted by Gasteiger charge is 2.21. The summed E-state index contributed by atoms with van der Waals surface area (Å²) >= 11 is 0. The van der Waals surface area contributed by atoms with Crippen molar-refractivity contribution in [3.05, 3.63) is 39.4 Å². The van der Waals surface area contributed by atoms with Crippen molar-refractivity contribution in [3.8, 4) is 0 Å². The van der Waals surface area contributed by atoms with E-state index in [-0.39, 0.29) is 17.7 Å². The SMILES string of the molecule is COC(=O)Cc1ccc([N+](=O)[O-])c(C(=O)OC)c1. The zero-order chi connectivity index (χ0) is 13.7. The van der Waals surface area contributed by atoms with Crippen LogP contribution in [0.4, 0.5) is 5.69 Å². The largest absolute Gasteiger partial charge is 0.469 e. The van der Waals surface area contributed by atoms with Gasteiger partial charge in [0.25, 0.3) is 5.69 Å². The summed E-state index contributed by atoms with van der Waals surface area (Å²) < 4.78 is 8.92. The Labute approximate surface area is 102 Å². The lowest BCUT2D eigenvalue weighted by Crippen LogP contribution is -2.09. The van der Waals surface area contributed by atoms with Crippen molar-refractivity contribution in [2.24, 2.45) is 0 Å². The third kappa shape index (κ3) is 3.03. The molecule has 0 N–H and O–H groups in total. The quantitative estimate of drug-likeness (QED) is 0.453. The molecule has 7 nitrogen and oxygen atoms in total. The lowest BCUT2D eigenvalue weighted by molar-refractivity contribution is -0.385. The van der Waals surface area contributed by atoms with Gasteiger partial charge in [-0.2, -0.15) is 0 Å². The fourth-order valence-electron chi connectivity index (χ4n) is 1.36. The Hall–Kier alpha value is -2.44. The van der Waals surface area contributed by atoms with Gasteiger partial charge in [0.1, 0.15) is 5.56 Å². The van der Waals surface area contributed by atoms with Crippen molar-refractivity contribution < 1.29 is 24.0 Å². The van der Waals surface area contributed by atoms with Crippen LogP contribution in [0.5, 0.6) is 0 Å². The third-order valence-corrected chi connectivity index (χ3v) is 2.24. The lowest BCUT2D eigenvalue weighted by Gasteiger charge is -2.04. The van der Waals surface area contributed by atoms with Gasteiger partial charge in [0.2, 0.25) is 0 Å². The van der Waals surface area contributed by atoms with E-state index >= 15 is 0 Å². The van der Waals surface area contributed by atoms with Crippen LogP contribution in [-0.4, -0.2) is 31.1 Å². The first kappa shape index (κ1) is 13.6. The average Bonchev–Trinajstić information content (AvgIpc) is 2.37. The Morgan fingerprint density at radius 1 is 1.28 bits per heavy atom. The Morgan fingerprint density at radius 3 is 2.44 bits per heavy atom. The molecule has 0 aliphatic heterocycles. The summed E-state index contributed by atoms with van der Waals surface area (Å²) in [6, 6.07) is 3.80. The minimum atomic E-state index is -0.826. The van der Waals surface area contributed by atoms with Gasteiger partial charge in [0, 0.05) is 6.07 Å². The maximum absolute atomic E-state index is 11.4. The van der Waals surface area contributed by atoms with Gasteiger partial charge in [-0.3, -0.25) is 14.9 Å². The molecule has 7 heteroatoms. The Bertz CT molecular complexity index is 496. The molecule has 0 saturated carbocycles. The van der Waals surface area contributed by atoms with Crippen molar-refractivity contribution in [3.63, 3.8) is 0 Å². The fraction of sp³-hybridized carbons (Fsp3) is 0.273. The number of carbonyl (C=O) groups excluding carboxylic acids is 2. The van der Waals surface area contributed by atoms with Gasteiger partial charge in [0.05, 0.1) is 25.6 Å². The van der Waals surface area contributed by atoms with Crippen molar-refractivity contribution >= 4 is 17.6 Å². The molecule has 96 valence electrons. The molecule has 18 heavy (non-hydrogen) atoms. The second-order valence-electron chi connectivity index (χ2n) is 3.35. The molecule has 0 bridgehead atoms. The number of benzene rings is 1. The van der Waals surface area contributed by atoms with Crippen molar-refractivity contribution in [2.45, 2.75) is 6.42 Å². The first-order valence-corrected chi connectivity index (χ1v) is 4.92. The van der Waals surface area contributed by atoms with E-state index in [0.29, 0.717) is 5.56 Å². The number of methoxy groups -OCH3 is 2. The predicted molar refractivity (Wildman–Crippen MR) is 60.2 cm³/mol. The summed E-state index contributed by atoms with van der Waals surface area (Å²) in [5, 5.41) is 10.7. The second kappa shape index (κ2) is 5.76. The first-order chi connectivity index (χ1) is 8.49. The van der Waals surface area contributed by atoms with Crippen molar-refractivity contribution in [1.29, 1.82) is 0 Å². The summed E-state index contributed by atoms with van der Waals surface area (Å²) in [7, 11) is 2.36. The molecule has 0 unspecified atom stereocenters. The molecule has 0 saturated heterocycles. The molecular formula is C11H11NO6. The molecule has 0 spiro atoms. The predicted octanol–water partition coefficient (Wildman–Crippen LogP) is 1.10. The third-order valence-electron chi connectivity index (χ3n) is 2.24. The number of esters is 2. The maximum atomic E-state index is 11.4. The molecule has 1 aromatic carbocycles. The zero-order valence-electron chi connectivity index (χ0n) is 9.84. The van der Waals surface area contributed by atoms with Gasteiger partial charge in [-0.15, -0.1) is 0 Å².